The molecule has 7 heteroatoms. The molecule has 0 heterocycles. The molecule has 0 radical (unpaired) electrons. The molecule has 17 heavy (non-hydrogen) atoms. The van der Waals surface area contributed by atoms with Gasteiger partial charge in [0.1, 0.15) is 5.75 Å². The quantitative estimate of drug-likeness (QED) is 0.480. The first-order valence-electron chi connectivity index (χ1n) is 4.51. The van der Waals surface area contributed by atoms with Crippen LogP contribution in [0.5, 0.6) is 5.75 Å². The fraction of sp³-hybridized carbons (Fsp3) is 0.100. The second-order valence-corrected chi connectivity index (χ2v) is 3.87. The lowest BCUT2D eigenvalue weighted by Gasteiger charge is -2.04. The average Bonchev–Trinajstić information content (AvgIpc) is 2.29. The van der Waals surface area contributed by atoms with Crippen LogP contribution in [0.15, 0.2) is 27.8 Å². The van der Waals surface area contributed by atoms with Crippen molar-refractivity contribution in [2.45, 2.75) is 0 Å². The van der Waals surface area contributed by atoms with Crippen LogP contribution in [0.2, 0.25) is 0 Å². The molecule has 1 aromatic carbocycles. The molecule has 0 atom stereocenters. The molecule has 0 aliphatic rings. The van der Waals surface area contributed by atoms with Gasteiger partial charge in [0.15, 0.2) is 0 Å². The molecular weight excluding hydrogens is 290 g/mol. The first kappa shape index (κ1) is 13.2. The maximum absolute atomic E-state index is 10.8. The number of rotatable bonds is 3. The molecule has 0 spiro atoms. The zero-order valence-electron chi connectivity index (χ0n) is 8.94. The molecule has 0 bridgehead atoms. The summed E-state index contributed by atoms with van der Waals surface area (Å²) in [6, 6.07) is 5.29. The number of primary amides is 1. The van der Waals surface area contributed by atoms with Crippen LogP contribution in [0.3, 0.4) is 0 Å². The van der Waals surface area contributed by atoms with Crippen molar-refractivity contribution in [1.82, 2.24) is 5.43 Å². The largest absolute Gasteiger partial charge is 0.496 e. The number of nitrogens with two attached hydrogens (primary N) is 1. The Morgan fingerprint density at radius 1 is 1.53 bits per heavy atom. The Bertz CT molecular complexity index is 474. The van der Waals surface area contributed by atoms with Gasteiger partial charge in [-0.15, -0.1) is 0 Å². The maximum Gasteiger partial charge on any atom is 0.329 e. The molecule has 1 rings (SSSR count). The van der Waals surface area contributed by atoms with Gasteiger partial charge in [-0.1, -0.05) is 15.9 Å². The van der Waals surface area contributed by atoms with Gasteiger partial charge in [0.2, 0.25) is 0 Å². The first-order valence-corrected chi connectivity index (χ1v) is 5.30. The van der Waals surface area contributed by atoms with Crippen molar-refractivity contribution in [3.8, 4) is 5.75 Å². The average molecular weight is 300 g/mol. The molecule has 0 aliphatic carbocycles. The topological polar surface area (TPSA) is 93.8 Å². The molecule has 0 fully saturated rings. The van der Waals surface area contributed by atoms with Crippen molar-refractivity contribution in [2.75, 3.05) is 7.11 Å². The molecule has 6 nitrogen and oxygen atoms in total. The Morgan fingerprint density at radius 2 is 2.24 bits per heavy atom. The number of ether oxygens (including phenoxy) is 1. The van der Waals surface area contributed by atoms with E-state index in [1.165, 1.54) is 13.3 Å². The Balaban J connectivity index is 2.80. The predicted molar refractivity (Wildman–Crippen MR) is 65.6 cm³/mol. The highest BCUT2D eigenvalue weighted by molar-refractivity contribution is 9.10. The van der Waals surface area contributed by atoms with Gasteiger partial charge in [0, 0.05) is 10.0 Å². The summed E-state index contributed by atoms with van der Waals surface area (Å²) in [6.07, 6.45) is 1.35. The molecular formula is C10H10BrN3O3. The van der Waals surface area contributed by atoms with E-state index in [1.54, 1.807) is 18.2 Å². The fourth-order valence-electron chi connectivity index (χ4n) is 1.02. The van der Waals surface area contributed by atoms with E-state index >= 15 is 0 Å². The van der Waals surface area contributed by atoms with Gasteiger partial charge in [-0.05, 0) is 18.2 Å². The van der Waals surface area contributed by atoms with Crippen LogP contribution in [0.25, 0.3) is 0 Å². The van der Waals surface area contributed by atoms with Gasteiger partial charge >= 0.3 is 11.8 Å². The Morgan fingerprint density at radius 3 is 2.82 bits per heavy atom. The van der Waals surface area contributed by atoms with E-state index in [2.05, 4.69) is 21.0 Å². The third kappa shape index (κ3) is 3.87. The second-order valence-electron chi connectivity index (χ2n) is 2.95. The third-order valence-corrected chi connectivity index (χ3v) is 2.28. The summed E-state index contributed by atoms with van der Waals surface area (Å²) in [7, 11) is 1.52. The molecule has 0 aliphatic heterocycles. The van der Waals surface area contributed by atoms with Crippen LogP contribution < -0.4 is 15.9 Å². The van der Waals surface area contributed by atoms with Gasteiger partial charge in [0.05, 0.1) is 13.3 Å². The van der Waals surface area contributed by atoms with Crippen LogP contribution in [0.4, 0.5) is 0 Å². The predicted octanol–water partition coefficient (Wildman–Crippen LogP) is 0.393. The minimum Gasteiger partial charge on any atom is -0.496 e. The lowest BCUT2D eigenvalue weighted by Crippen LogP contribution is -2.32. The molecule has 1 aromatic rings. The Labute approximate surface area is 106 Å². The van der Waals surface area contributed by atoms with E-state index in [0.717, 1.165) is 4.47 Å². The summed E-state index contributed by atoms with van der Waals surface area (Å²) < 4.78 is 5.92. The molecule has 0 saturated carbocycles. The van der Waals surface area contributed by atoms with Crippen LogP contribution in [-0.4, -0.2) is 25.1 Å². The lowest BCUT2D eigenvalue weighted by molar-refractivity contribution is -0.137. The molecule has 0 unspecified atom stereocenters. The summed E-state index contributed by atoms with van der Waals surface area (Å²) in [5, 5.41) is 3.59. The first-order chi connectivity index (χ1) is 8.04. The van der Waals surface area contributed by atoms with Crippen LogP contribution in [0.1, 0.15) is 5.56 Å². The summed E-state index contributed by atoms with van der Waals surface area (Å²) in [5.74, 6) is -1.48. The third-order valence-electron chi connectivity index (χ3n) is 1.79. The van der Waals surface area contributed by atoms with Gasteiger partial charge in [0.25, 0.3) is 0 Å². The Kier molecular flexibility index (Phi) is 4.65. The van der Waals surface area contributed by atoms with Crippen molar-refractivity contribution in [2.24, 2.45) is 10.8 Å². The molecule has 3 N–H and O–H groups in total. The maximum atomic E-state index is 10.8. The fourth-order valence-corrected chi connectivity index (χ4v) is 1.40. The molecule has 2 amide bonds. The van der Waals surface area contributed by atoms with Crippen molar-refractivity contribution in [1.29, 1.82) is 0 Å². The number of carbonyl (C=O) groups excluding carboxylic acids is 2. The summed E-state index contributed by atoms with van der Waals surface area (Å²) in [5.41, 5.74) is 7.37. The number of methoxy groups -OCH3 is 1. The molecule has 0 saturated heterocycles. The minimum absolute atomic E-state index is 0.588. The zero-order valence-corrected chi connectivity index (χ0v) is 10.5. The number of benzene rings is 1. The number of hydrazone groups is 1. The number of nitrogens with zero attached hydrogens (tertiary/aromatic N) is 1. The van der Waals surface area contributed by atoms with Crippen LogP contribution >= 0.6 is 15.9 Å². The summed E-state index contributed by atoms with van der Waals surface area (Å²) >= 11 is 3.29. The van der Waals surface area contributed by atoms with E-state index in [4.69, 9.17) is 10.5 Å². The van der Waals surface area contributed by atoms with E-state index in [1.807, 2.05) is 5.43 Å². The van der Waals surface area contributed by atoms with Gasteiger partial charge in [-0.25, -0.2) is 5.43 Å². The smallest absolute Gasteiger partial charge is 0.329 e. The van der Waals surface area contributed by atoms with Gasteiger partial charge in [-0.3, -0.25) is 9.59 Å². The minimum atomic E-state index is -1.09. The summed E-state index contributed by atoms with van der Waals surface area (Å²) in [6.45, 7) is 0. The summed E-state index contributed by atoms with van der Waals surface area (Å²) in [4.78, 5) is 21.2. The number of amides is 2. The van der Waals surface area contributed by atoms with Crippen molar-refractivity contribution in [3.05, 3.63) is 28.2 Å². The van der Waals surface area contributed by atoms with Crippen molar-refractivity contribution >= 4 is 34.0 Å². The number of halogens is 1. The van der Waals surface area contributed by atoms with Crippen LogP contribution in [0, 0.1) is 0 Å². The van der Waals surface area contributed by atoms with Gasteiger partial charge < -0.3 is 10.5 Å². The Hall–Kier alpha value is -1.89. The van der Waals surface area contributed by atoms with Crippen molar-refractivity contribution < 1.29 is 14.3 Å². The van der Waals surface area contributed by atoms with E-state index in [-0.39, 0.29) is 0 Å². The standard InChI is InChI=1S/C10H10BrN3O3/c1-17-8-3-2-7(11)4-6(8)5-13-14-10(16)9(12)15/h2-5H,1H3,(H2,12,15)(H,14,16). The van der Waals surface area contributed by atoms with Gasteiger partial charge in [-0.2, -0.15) is 5.10 Å². The highest BCUT2D eigenvalue weighted by atomic mass is 79.9. The number of nitrogens with one attached hydrogen (secondary N) is 1. The van der Waals surface area contributed by atoms with E-state index in [0.29, 0.717) is 11.3 Å². The normalized spacial score (nSPS) is 10.2. The molecule has 90 valence electrons. The molecule has 0 aromatic heterocycles. The lowest BCUT2D eigenvalue weighted by atomic mass is 10.2. The highest BCUT2D eigenvalue weighted by Gasteiger charge is 2.06. The van der Waals surface area contributed by atoms with Crippen LogP contribution in [-0.2, 0) is 9.59 Å². The zero-order chi connectivity index (χ0) is 12.8. The van der Waals surface area contributed by atoms with Crippen molar-refractivity contribution in [3.63, 3.8) is 0 Å². The SMILES string of the molecule is COc1ccc(Br)cc1C=NNC(=O)C(N)=O. The number of hydrogen-bond donors (Lipinski definition) is 2. The second kappa shape index (κ2) is 6.00. The number of carbonyl (C=O) groups is 2. The van der Waals surface area contributed by atoms with E-state index in [9.17, 15) is 9.59 Å². The monoisotopic (exact) mass is 299 g/mol. The van der Waals surface area contributed by atoms with E-state index < -0.39 is 11.8 Å². The highest BCUT2D eigenvalue weighted by Crippen LogP contribution is 2.21. The number of hydrogen-bond acceptors (Lipinski definition) is 4.